The molecule has 0 fully saturated rings. The quantitative estimate of drug-likeness (QED) is 0.331. The molecule has 0 radical (unpaired) electrons. The predicted molar refractivity (Wildman–Crippen MR) is 143 cm³/mol. The van der Waals surface area contributed by atoms with E-state index in [4.69, 9.17) is 0 Å². The Balaban J connectivity index is 1.40. The summed E-state index contributed by atoms with van der Waals surface area (Å²) < 4.78 is 17.4. The van der Waals surface area contributed by atoms with Gasteiger partial charge in [-0.2, -0.15) is 5.10 Å². The van der Waals surface area contributed by atoms with Crippen LogP contribution in [0.5, 0.6) is 0 Å². The average Bonchev–Trinajstić information content (AvgIpc) is 3.18. The van der Waals surface area contributed by atoms with Gasteiger partial charge in [-0.3, -0.25) is 9.59 Å². The highest BCUT2D eigenvalue weighted by Crippen LogP contribution is 2.28. The van der Waals surface area contributed by atoms with Crippen molar-refractivity contribution >= 4 is 16.8 Å². The van der Waals surface area contributed by atoms with E-state index in [-0.39, 0.29) is 24.1 Å². The molecule has 0 spiro atoms. The number of rotatable bonds is 8. The second-order valence-corrected chi connectivity index (χ2v) is 9.63. The number of benzene rings is 3. The number of fused-ring (bicyclic) bond motifs is 3. The van der Waals surface area contributed by atoms with E-state index in [2.05, 4.69) is 28.6 Å². The lowest BCUT2D eigenvalue weighted by atomic mass is 10.1. The maximum absolute atomic E-state index is 14.2. The molecule has 0 unspecified atom stereocenters. The van der Waals surface area contributed by atoms with Crippen molar-refractivity contribution in [2.45, 2.75) is 45.8 Å². The highest BCUT2D eigenvalue weighted by atomic mass is 19.1. The molecular weight excluding hydrogens is 467 g/mol. The van der Waals surface area contributed by atoms with E-state index < -0.39 is 5.82 Å². The predicted octanol–water partition coefficient (Wildman–Crippen LogP) is 4.94. The van der Waals surface area contributed by atoms with Crippen LogP contribution >= 0.6 is 0 Å². The fourth-order valence-electron chi connectivity index (χ4n) is 4.75. The fourth-order valence-corrected chi connectivity index (χ4v) is 4.75. The Bertz CT molecular complexity index is 1590. The molecule has 6 nitrogen and oxygen atoms in total. The Labute approximate surface area is 214 Å². The summed E-state index contributed by atoms with van der Waals surface area (Å²) >= 11 is 0. The Morgan fingerprint density at radius 3 is 2.59 bits per heavy atom. The molecule has 0 saturated heterocycles. The molecule has 2 aliphatic heterocycles. The van der Waals surface area contributed by atoms with Crippen molar-refractivity contribution in [1.82, 2.24) is 19.7 Å². The maximum Gasteiger partial charge on any atom is 0.278 e. The number of aromatic nitrogens is 3. The lowest BCUT2D eigenvalue weighted by Gasteiger charge is -2.14. The molecule has 0 saturated carbocycles. The fraction of sp³-hybridized carbons (Fsp3) is 0.233. The standard InChI is InChI=1S/C30H29FN4O2/c1-20-7-6-10-23(15-20)17-34-18-26-29(25-16-24(31)13-14-27(25)34)33-35(30(26)37)19-28(36)32-21(2)11-12-22-8-4-3-5-9-22/h3-10,13-16,18,21H,11-12,17,19H2,1-2H3,(H,32,36)/t21-/m0/s1. The van der Waals surface area contributed by atoms with Crippen molar-refractivity contribution in [2.75, 3.05) is 0 Å². The van der Waals surface area contributed by atoms with Crippen molar-refractivity contribution in [3.63, 3.8) is 0 Å². The van der Waals surface area contributed by atoms with Crippen LogP contribution in [0, 0.1) is 12.7 Å². The third-order valence-corrected chi connectivity index (χ3v) is 6.59. The van der Waals surface area contributed by atoms with Crippen LogP contribution < -0.4 is 10.9 Å². The van der Waals surface area contributed by atoms with Gasteiger partial charge in [0.05, 0.1) is 11.1 Å². The van der Waals surface area contributed by atoms with Gasteiger partial charge in [-0.1, -0.05) is 60.2 Å². The number of nitrogens with one attached hydrogen (secondary N) is 1. The molecule has 0 aliphatic carbocycles. The molecular formula is C30H29FN4O2. The van der Waals surface area contributed by atoms with E-state index in [9.17, 15) is 14.0 Å². The first-order chi connectivity index (χ1) is 17.9. The molecule has 0 bridgehead atoms. The number of nitrogens with zero attached hydrogens (tertiary/aromatic N) is 3. The van der Waals surface area contributed by atoms with Gasteiger partial charge in [-0.05, 0) is 56.0 Å². The molecule has 5 rings (SSSR count). The molecule has 1 amide bonds. The summed E-state index contributed by atoms with van der Waals surface area (Å²) in [7, 11) is 0. The van der Waals surface area contributed by atoms with Crippen LogP contribution in [0.1, 0.15) is 30.0 Å². The number of hydrogen-bond acceptors (Lipinski definition) is 3. The molecule has 7 heteroatoms. The number of aryl methyl sites for hydroxylation is 2. The lowest BCUT2D eigenvalue weighted by Crippen LogP contribution is -2.37. The van der Waals surface area contributed by atoms with Crippen molar-refractivity contribution in [3.8, 4) is 11.3 Å². The third kappa shape index (κ3) is 5.45. The largest absolute Gasteiger partial charge is 0.352 e. The summed E-state index contributed by atoms with van der Waals surface area (Å²) in [6.45, 7) is 4.29. The monoisotopic (exact) mass is 496 g/mol. The molecule has 1 N–H and O–H groups in total. The molecule has 0 aromatic heterocycles. The van der Waals surface area contributed by atoms with Crippen molar-refractivity contribution in [2.24, 2.45) is 0 Å². The van der Waals surface area contributed by atoms with Gasteiger partial charge in [0.2, 0.25) is 5.91 Å². The SMILES string of the molecule is Cc1cccc(Cn2cc3c(=O)n(CC(=O)N[C@@H](C)CCc4ccccc4)nc-3c3cc(F)ccc32)c1. The highest BCUT2D eigenvalue weighted by molar-refractivity contribution is 5.94. The van der Waals surface area contributed by atoms with Crippen LogP contribution in [0.3, 0.4) is 0 Å². The molecule has 188 valence electrons. The third-order valence-electron chi connectivity index (χ3n) is 6.59. The minimum atomic E-state index is -0.408. The zero-order valence-electron chi connectivity index (χ0n) is 20.9. The van der Waals surface area contributed by atoms with Gasteiger partial charge in [-0.25, -0.2) is 9.07 Å². The van der Waals surface area contributed by atoms with Gasteiger partial charge >= 0.3 is 0 Å². The van der Waals surface area contributed by atoms with E-state index >= 15 is 0 Å². The van der Waals surface area contributed by atoms with Gasteiger partial charge in [0.1, 0.15) is 18.1 Å². The van der Waals surface area contributed by atoms with Crippen LogP contribution in [-0.4, -0.2) is 26.3 Å². The second-order valence-electron chi connectivity index (χ2n) is 9.63. The molecule has 3 aromatic carbocycles. The summed E-state index contributed by atoms with van der Waals surface area (Å²) in [6.07, 6.45) is 3.38. The van der Waals surface area contributed by atoms with Crippen LogP contribution in [0.25, 0.3) is 22.2 Å². The van der Waals surface area contributed by atoms with Gasteiger partial charge in [0.15, 0.2) is 0 Å². The topological polar surface area (TPSA) is 68.9 Å². The minimum Gasteiger partial charge on any atom is -0.352 e. The Hall–Kier alpha value is -4.26. The average molecular weight is 497 g/mol. The van der Waals surface area contributed by atoms with Crippen LogP contribution in [0.4, 0.5) is 4.39 Å². The van der Waals surface area contributed by atoms with E-state index in [1.54, 1.807) is 12.3 Å². The van der Waals surface area contributed by atoms with Gasteiger partial charge in [-0.15, -0.1) is 0 Å². The zero-order chi connectivity index (χ0) is 25.9. The van der Waals surface area contributed by atoms with E-state index in [1.165, 1.54) is 22.4 Å². The van der Waals surface area contributed by atoms with Crippen molar-refractivity contribution in [3.05, 3.63) is 112 Å². The number of halogens is 1. The van der Waals surface area contributed by atoms with Crippen molar-refractivity contribution < 1.29 is 9.18 Å². The molecule has 2 heterocycles. The number of carbonyl (C=O) groups is 1. The first-order valence-corrected chi connectivity index (χ1v) is 12.5. The minimum absolute atomic E-state index is 0.0563. The number of hydrogen-bond donors (Lipinski definition) is 1. The second kappa shape index (κ2) is 10.4. The van der Waals surface area contributed by atoms with Crippen molar-refractivity contribution in [1.29, 1.82) is 0 Å². The molecule has 37 heavy (non-hydrogen) atoms. The van der Waals surface area contributed by atoms with E-state index in [0.717, 1.165) is 29.5 Å². The normalized spacial score (nSPS) is 12.2. The first kappa shape index (κ1) is 24.4. The van der Waals surface area contributed by atoms with Crippen LogP contribution in [-0.2, 0) is 24.3 Å². The number of carbonyl (C=O) groups excluding carboxylic acids is 1. The smallest absolute Gasteiger partial charge is 0.278 e. The molecule has 3 aromatic rings. The van der Waals surface area contributed by atoms with Gasteiger partial charge in [0.25, 0.3) is 5.56 Å². The Kier molecular flexibility index (Phi) is 6.86. The molecule has 2 aliphatic rings. The van der Waals surface area contributed by atoms with Gasteiger partial charge in [0, 0.05) is 24.2 Å². The maximum atomic E-state index is 14.2. The van der Waals surface area contributed by atoms with E-state index in [1.807, 2.05) is 54.8 Å². The number of amides is 1. The van der Waals surface area contributed by atoms with Crippen LogP contribution in [0.15, 0.2) is 83.8 Å². The Morgan fingerprint density at radius 2 is 1.81 bits per heavy atom. The Morgan fingerprint density at radius 1 is 1.03 bits per heavy atom. The summed E-state index contributed by atoms with van der Waals surface area (Å²) in [5.74, 6) is -0.692. The first-order valence-electron chi connectivity index (χ1n) is 12.5. The highest BCUT2D eigenvalue weighted by Gasteiger charge is 2.22. The van der Waals surface area contributed by atoms with Gasteiger partial charge < -0.3 is 9.88 Å². The van der Waals surface area contributed by atoms with E-state index in [0.29, 0.717) is 23.2 Å². The lowest BCUT2D eigenvalue weighted by molar-refractivity contribution is -0.122. The van der Waals surface area contributed by atoms with Crippen LogP contribution in [0.2, 0.25) is 0 Å². The molecule has 1 atom stereocenters. The summed E-state index contributed by atoms with van der Waals surface area (Å²) in [6, 6.07) is 22.6. The zero-order valence-corrected chi connectivity index (χ0v) is 20.9. The summed E-state index contributed by atoms with van der Waals surface area (Å²) in [5, 5.41) is 7.95. The summed E-state index contributed by atoms with van der Waals surface area (Å²) in [5.41, 5.74) is 4.56. The summed E-state index contributed by atoms with van der Waals surface area (Å²) in [4.78, 5) is 26.0. The number of pyridine rings is 1.